The minimum atomic E-state index is -0.614. The first-order valence-electron chi connectivity index (χ1n) is 5.88. The zero-order chi connectivity index (χ0) is 13.0. The van der Waals surface area contributed by atoms with Gasteiger partial charge in [-0.15, -0.1) is 0 Å². The smallest absolute Gasteiger partial charge is 0.317 e. The van der Waals surface area contributed by atoms with E-state index in [4.69, 9.17) is 4.74 Å². The Morgan fingerprint density at radius 2 is 1.89 bits per heavy atom. The van der Waals surface area contributed by atoms with Gasteiger partial charge in [0.2, 0.25) is 0 Å². The number of rotatable bonds is 2. The number of fused-ring (bicyclic) bond motifs is 5. The number of ether oxygens (including phenoxy) is 2. The summed E-state index contributed by atoms with van der Waals surface area (Å²) < 4.78 is 9.31. The van der Waals surface area contributed by atoms with Gasteiger partial charge in [0.25, 0.3) is 0 Å². The summed E-state index contributed by atoms with van der Waals surface area (Å²) in [7, 11) is 1.26. The molecule has 0 aromatic carbocycles. The maximum Gasteiger partial charge on any atom is 0.317 e. The fourth-order valence-electron chi connectivity index (χ4n) is 3.99. The first kappa shape index (κ1) is 11.4. The average Bonchev–Trinajstić information content (AvgIpc) is 2.98. The molecule has 3 aliphatic rings. The second-order valence-electron chi connectivity index (χ2n) is 5.12. The van der Waals surface area contributed by atoms with E-state index in [-0.39, 0.29) is 11.8 Å². The molecule has 3 rings (SSSR count). The molecule has 96 valence electrons. The van der Waals surface area contributed by atoms with Crippen LogP contribution in [0.5, 0.6) is 0 Å². The van der Waals surface area contributed by atoms with Crippen molar-refractivity contribution in [3.05, 3.63) is 0 Å². The van der Waals surface area contributed by atoms with Crippen LogP contribution in [0.1, 0.15) is 6.42 Å². The van der Waals surface area contributed by atoms with E-state index in [0.717, 1.165) is 0 Å². The van der Waals surface area contributed by atoms with Crippen molar-refractivity contribution >= 4 is 24.2 Å². The molecule has 0 N–H and O–H groups in total. The lowest BCUT2D eigenvalue weighted by atomic mass is 9.69. The molecule has 1 aliphatic heterocycles. The Morgan fingerprint density at radius 1 is 1.28 bits per heavy atom. The van der Waals surface area contributed by atoms with Crippen molar-refractivity contribution in [1.29, 1.82) is 0 Å². The molecular weight excluding hydrogens is 240 g/mol. The van der Waals surface area contributed by atoms with Crippen LogP contribution < -0.4 is 0 Å². The Hall–Kier alpha value is -1.72. The van der Waals surface area contributed by atoms with Gasteiger partial charge in [0.15, 0.2) is 0 Å². The van der Waals surface area contributed by atoms with Crippen molar-refractivity contribution in [2.75, 3.05) is 7.11 Å². The highest BCUT2D eigenvalue weighted by Gasteiger charge is 2.68. The predicted octanol–water partition coefficient (Wildman–Crippen LogP) is -0.444. The number of methoxy groups -OCH3 is 1. The number of cyclic esters (lactones) is 2. The van der Waals surface area contributed by atoms with Gasteiger partial charge in [-0.05, 0) is 18.3 Å². The lowest BCUT2D eigenvalue weighted by Crippen LogP contribution is -2.41. The van der Waals surface area contributed by atoms with E-state index in [2.05, 4.69) is 4.74 Å². The molecule has 0 radical (unpaired) electrons. The van der Waals surface area contributed by atoms with Crippen molar-refractivity contribution in [2.24, 2.45) is 35.5 Å². The zero-order valence-corrected chi connectivity index (χ0v) is 9.70. The van der Waals surface area contributed by atoms with Gasteiger partial charge < -0.3 is 14.3 Å². The molecule has 18 heavy (non-hydrogen) atoms. The van der Waals surface area contributed by atoms with Gasteiger partial charge >= 0.3 is 17.9 Å². The fourth-order valence-corrected chi connectivity index (χ4v) is 3.99. The van der Waals surface area contributed by atoms with Crippen molar-refractivity contribution in [3.63, 3.8) is 0 Å². The van der Waals surface area contributed by atoms with Crippen LogP contribution in [-0.4, -0.2) is 31.3 Å². The first-order valence-corrected chi connectivity index (χ1v) is 5.88. The number of aldehydes is 1. The van der Waals surface area contributed by atoms with Crippen molar-refractivity contribution in [1.82, 2.24) is 0 Å². The molecular formula is C12H12O6. The molecule has 6 heteroatoms. The van der Waals surface area contributed by atoms with Crippen molar-refractivity contribution in [2.45, 2.75) is 6.42 Å². The normalized spacial score (nSPS) is 44.7. The van der Waals surface area contributed by atoms with E-state index >= 15 is 0 Å². The van der Waals surface area contributed by atoms with E-state index in [9.17, 15) is 19.2 Å². The monoisotopic (exact) mass is 252 g/mol. The Kier molecular flexibility index (Phi) is 2.30. The molecule has 3 fully saturated rings. The predicted molar refractivity (Wildman–Crippen MR) is 54.7 cm³/mol. The van der Waals surface area contributed by atoms with Gasteiger partial charge in [0.1, 0.15) is 6.29 Å². The highest BCUT2D eigenvalue weighted by atomic mass is 16.6. The maximum absolute atomic E-state index is 11.7. The molecule has 0 amide bonds. The zero-order valence-electron chi connectivity index (χ0n) is 9.70. The summed E-state index contributed by atoms with van der Waals surface area (Å²) in [6.45, 7) is 0. The molecule has 0 aromatic heterocycles. The molecule has 0 spiro atoms. The largest absolute Gasteiger partial charge is 0.469 e. The number of esters is 3. The highest BCUT2D eigenvalue weighted by Crippen LogP contribution is 2.60. The third kappa shape index (κ3) is 1.18. The summed E-state index contributed by atoms with van der Waals surface area (Å²) in [5.41, 5.74) is 0. The lowest BCUT2D eigenvalue weighted by Gasteiger charge is -2.30. The molecule has 1 heterocycles. The van der Waals surface area contributed by atoms with Gasteiger partial charge in [0, 0.05) is 5.92 Å². The van der Waals surface area contributed by atoms with Crippen LogP contribution in [0.15, 0.2) is 0 Å². The van der Waals surface area contributed by atoms with Crippen LogP contribution in [0.3, 0.4) is 0 Å². The number of hydrogen-bond donors (Lipinski definition) is 0. The Labute approximate surface area is 103 Å². The van der Waals surface area contributed by atoms with Crippen LogP contribution in [0.25, 0.3) is 0 Å². The van der Waals surface area contributed by atoms with Crippen molar-refractivity contribution < 1.29 is 28.7 Å². The summed E-state index contributed by atoms with van der Waals surface area (Å²) in [4.78, 5) is 46.1. The van der Waals surface area contributed by atoms with Crippen LogP contribution in [0, 0.1) is 35.5 Å². The third-order valence-corrected chi connectivity index (χ3v) is 4.60. The third-order valence-electron chi connectivity index (χ3n) is 4.60. The first-order chi connectivity index (χ1) is 8.60. The van der Waals surface area contributed by atoms with Crippen LogP contribution in [-0.2, 0) is 28.7 Å². The van der Waals surface area contributed by atoms with Crippen LogP contribution in [0.2, 0.25) is 0 Å². The maximum atomic E-state index is 11.7. The molecule has 6 nitrogen and oxygen atoms in total. The van der Waals surface area contributed by atoms with E-state index in [1.165, 1.54) is 7.11 Å². The topological polar surface area (TPSA) is 86.7 Å². The second kappa shape index (κ2) is 3.63. The highest BCUT2D eigenvalue weighted by molar-refractivity contribution is 5.99. The summed E-state index contributed by atoms with van der Waals surface area (Å²) in [6, 6.07) is 0. The molecule has 6 atom stereocenters. The van der Waals surface area contributed by atoms with E-state index in [0.29, 0.717) is 12.7 Å². The number of hydrogen-bond acceptors (Lipinski definition) is 6. The SMILES string of the molecule is COC(=O)C1C(C=O)C2CC1C1C(=O)OC(=O)C21. The molecule has 2 bridgehead atoms. The van der Waals surface area contributed by atoms with Crippen LogP contribution >= 0.6 is 0 Å². The lowest BCUT2D eigenvalue weighted by molar-refractivity contribution is -0.154. The molecule has 2 saturated carbocycles. The van der Waals surface area contributed by atoms with Crippen LogP contribution in [0.4, 0.5) is 0 Å². The Balaban J connectivity index is 1.99. The summed E-state index contributed by atoms with van der Waals surface area (Å²) >= 11 is 0. The van der Waals surface area contributed by atoms with E-state index in [1.54, 1.807) is 0 Å². The van der Waals surface area contributed by atoms with Gasteiger partial charge in [-0.2, -0.15) is 0 Å². The molecule has 2 aliphatic carbocycles. The van der Waals surface area contributed by atoms with Gasteiger partial charge in [-0.1, -0.05) is 0 Å². The summed E-state index contributed by atoms with van der Waals surface area (Å²) in [5.74, 6) is -4.42. The van der Waals surface area contributed by atoms with Gasteiger partial charge in [0.05, 0.1) is 24.9 Å². The number of carbonyl (C=O) groups is 4. The summed E-state index contributed by atoms with van der Waals surface area (Å²) in [5, 5.41) is 0. The van der Waals surface area contributed by atoms with E-state index < -0.39 is 41.6 Å². The quantitative estimate of drug-likeness (QED) is 0.376. The van der Waals surface area contributed by atoms with Gasteiger partial charge in [-0.3, -0.25) is 14.4 Å². The molecule has 6 unspecified atom stereocenters. The Bertz CT molecular complexity index is 455. The number of carbonyl (C=O) groups excluding carboxylic acids is 4. The minimum absolute atomic E-state index is 0.263. The Morgan fingerprint density at radius 3 is 2.44 bits per heavy atom. The van der Waals surface area contributed by atoms with Crippen molar-refractivity contribution in [3.8, 4) is 0 Å². The minimum Gasteiger partial charge on any atom is -0.469 e. The summed E-state index contributed by atoms with van der Waals surface area (Å²) in [6.07, 6.45) is 1.25. The average molecular weight is 252 g/mol. The fraction of sp³-hybridized carbons (Fsp3) is 0.667. The van der Waals surface area contributed by atoms with E-state index in [1.807, 2.05) is 0 Å². The van der Waals surface area contributed by atoms with Gasteiger partial charge in [-0.25, -0.2) is 0 Å². The second-order valence-corrected chi connectivity index (χ2v) is 5.12. The molecule has 1 saturated heterocycles. The molecule has 0 aromatic rings. The standard InChI is InChI=1S/C12H12O6/c1-17-10(14)7-5-2-4(6(7)3-13)8-9(5)12(16)18-11(8)15/h3-9H,2H2,1H3.